The molecule has 2 N–H and O–H groups in total. The fraction of sp³-hybridized carbons (Fsp3) is 0.800. The Kier molecular flexibility index (Phi) is 3.36. The lowest BCUT2D eigenvalue weighted by Crippen LogP contribution is -2.54. The summed E-state index contributed by atoms with van der Waals surface area (Å²) < 4.78 is 0. The summed E-state index contributed by atoms with van der Waals surface area (Å²) in [5, 5.41) is 23.5. The minimum absolute atomic E-state index is 0.0180. The molecule has 0 spiro atoms. The SMILES string of the molecule is C[C@]12C/C(=N/O)C(=O)C=C1CC[C@@H]1[C@@H]2CC[C@@]2(C)[C@H]1CC[C@]2(C)O. The van der Waals surface area contributed by atoms with Crippen molar-refractivity contribution in [2.45, 2.75) is 71.3 Å². The van der Waals surface area contributed by atoms with Crippen LogP contribution in [0.25, 0.3) is 0 Å². The van der Waals surface area contributed by atoms with Gasteiger partial charge < -0.3 is 10.3 Å². The van der Waals surface area contributed by atoms with Crippen LogP contribution in [0.3, 0.4) is 0 Å². The number of fused-ring (bicyclic) bond motifs is 5. The van der Waals surface area contributed by atoms with E-state index in [1.54, 1.807) is 6.08 Å². The van der Waals surface area contributed by atoms with Crippen molar-refractivity contribution in [3.05, 3.63) is 11.6 Å². The molecule has 0 aromatic carbocycles. The van der Waals surface area contributed by atoms with Crippen molar-refractivity contribution in [1.29, 1.82) is 0 Å². The van der Waals surface area contributed by atoms with Gasteiger partial charge in [0.1, 0.15) is 5.71 Å². The average Bonchev–Trinajstić information content (AvgIpc) is 2.77. The molecule has 132 valence electrons. The van der Waals surface area contributed by atoms with Gasteiger partial charge in [-0.3, -0.25) is 4.79 Å². The summed E-state index contributed by atoms with van der Waals surface area (Å²) in [5.74, 6) is 1.58. The molecule has 0 aliphatic heterocycles. The number of aliphatic hydroxyl groups is 1. The predicted molar refractivity (Wildman–Crippen MR) is 91.9 cm³/mol. The van der Waals surface area contributed by atoms with E-state index in [9.17, 15) is 15.1 Å². The Bertz CT molecular complexity index is 649. The number of hydrogen-bond acceptors (Lipinski definition) is 4. The van der Waals surface area contributed by atoms with E-state index in [1.807, 2.05) is 6.92 Å². The summed E-state index contributed by atoms with van der Waals surface area (Å²) in [6.07, 6.45) is 8.56. The maximum absolute atomic E-state index is 12.1. The van der Waals surface area contributed by atoms with Gasteiger partial charge in [-0.1, -0.05) is 24.6 Å². The first-order valence-corrected chi connectivity index (χ1v) is 9.42. The molecular weight excluding hydrogens is 302 g/mol. The summed E-state index contributed by atoms with van der Waals surface area (Å²) in [6.45, 7) is 6.58. The quantitative estimate of drug-likeness (QED) is 0.525. The summed E-state index contributed by atoms with van der Waals surface area (Å²) in [6, 6.07) is 0. The molecule has 3 fully saturated rings. The van der Waals surface area contributed by atoms with Gasteiger partial charge in [0, 0.05) is 6.42 Å². The van der Waals surface area contributed by atoms with Crippen molar-refractivity contribution in [3.63, 3.8) is 0 Å². The molecule has 0 heterocycles. The number of carbonyl (C=O) groups excluding carboxylic acids is 1. The number of rotatable bonds is 0. The molecular formula is C20H29NO3. The van der Waals surface area contributed by atoms with Crippen molar-refractivity contribution in [3.8, 4) is 0 Å². The zero-order valence-corrected chi connectivity index (χ0v) is 15.0. The maximum Gasteiger partial charge on any atom is 0.203 e. The maximum atomic E-state index is 12.1. The fourth-order valence-corrected chi connectivity index (χ4v) is 6.81. The van der Waals surface area contributed by atoms with Crippen molar-refractivity contribution in [2.24, 2.45) is 33.7 Å². The van der Waals surface area contributed by atoms with Gasteiger partial charge >= 0.3 is 0 Å². The van der Waals surface area contributed by atoms with Crippen molar-refractivity contribution < 1.29 is 15.1 Å². The monoisotopic (exact) mass is 331 g/mol. The third-order valence-corrected chi connectivity index (χ3v) is 8.54. The van der Waals surface area contributed by atoms with Crippen LogP contribution in [0.1, 0.15) is 65.7 Å². The van der Waals surface area contributed by atoms with E-state index in [-0.39, 0.29) is 16.6 Å². The summed E-state index contributed by atoms with van der Waals surface area (Å²) in [7, 11) is 0. The Morgan fingerprint density at radius 3 is 2.54 bits per heavy atom. The number of nitrogens with zero attached hydrogens (tertiary/aromatic N) is 1. The number of hydrogen-bond donors (Lipinski definition) is 2. The van der Waals surface area contributed by atoms with E-state index >= 15 is 0 Å². The summed E-state index contributed by atoms with van der Waals surface area (Å²) >= 11 is 0. The number of ketones is 1. The van der Waals surface area contributed by atoms with Crippen LogP contribution in [-0.2, 0) is 4.79 Å². The first-order chi connectivity index (χ1) is 11.2. The van der Waals surface area contributed by atoms with E-state index in [1.165, 1.54) is 5.57 Å². The Morgan fingerprint density at radius 2 is 1.83 bits per heavy atom. The van der Waals surface area contributed by atoms with Gasteiger partial charge in [0.2, 0.25) is 5.78 Å². The van der Waals surface area contributed by atoms with Gasteiger partial charge in [-0.05, 0) is 80.1 Å². The molecule has 0 saturated heterocycles. The van der Waals surface area contributed by atoms with Gasteiger partial charge in [-0.25, -0.2) is 0 Å². The lowest BCUT2D eigenvalue weighted by atomic mass is 9.46. The van der Waals surface area contributed by atoms with Crippen molar-refractivity contribution >= 4 is 11.5 Å². The summed E-state index contributed by atoms with van der Waals surface area (Å²) in [4.78, 5) is 12.1. The second kappa shape index (κ2) is 4.94. The van der Waals surface area contributed by atoms with Gasteiger partial charge in [-0.15, -0.1) is 0 Å². The lowest BCUT2D eigenvalue weighted by Gasteiger charge is -2.58. The molecule has 0 radical (unpaired) electrons. The normalized spacial score (nSPS) is 52.5. The first kappa shape index (κ1) is 16.3. The molecule has 6 atom stereocenters. The molecule has 4 nitrogen and oxygen atoms in total. The van der Waals surface area contributed by atoms with E-state index in [0.717, 1.165) is 38.5 Å². The van der Waals surface area contributed by atoms with Gasteiger partial charge in [0.15, 0.2) is 0 Å². The van der Waals surface area contributed by atoms with Gasteiger partial charge in [0.25, 0.3) is 0 Å². The van der Waals surface area contributed by atoms with Crippen LogP contribution < -0.4 is 0 Å². The molecule has 0 aromatic heterocycles. The molecule has 3 saturated carbocycles. The Balaban J connectivity index is 1.72. The second-order valence-electron chi connectivity index (χ2n) is 9.36. The lowest BCUT2D eigenvalue weighted by molar-refractivity contribution is -0.118. The van der Waals surface area contributed by atoms with Crippen LogP contribution in [0.2, 0.25) is 0 Å². The zero-order chi connectivity index (χ0) is 17.3. The van der Waals surface area contributed by atoms with Crippen molar-refractivity contribution in [2.75, 3.05) is 0 Å². The van der Waals surface area contributed by atoms with Crippen LogP contribution in [0.4, 0.5) is 0 Å². The average molecular weight is 331 g/mol. The Morgan fingerprint density at radius 1 is 1.12 bits per heavy atom. The van der Waals surface area contributed by atoms with Gasteiger partial charge in [-0.2, -0.15) is 0 Å². The molecule has 0 unspecified atom stereocenters. The molecule has 24 heavy (non-hydrogen) atoms. The Hall–Kier alpha value is -1.16. The smallest absolute Gasteiger partial charge is 0.203 e. The Labute approximate surface area is 144 Å². The molecule has 4 aliphatic rings. The third-order valence-electron chi connectivity index (χ3n) is 8.54. The topological polar surface area (TPSA) is 69.9 Å². The molecule has 4 heteroatoms. The largest absolute Gasteiger partial charge is 0.411 e. The highest BCUT2D eigenvalue weighted by molar-refractivity contribution is 6.44. The number of carbonyl (C=O) groups is 1. The van der Waals surface area contributed by atoms with Gasteiger partial charge in [0.05, 0.1) is 5.60 Å². The molecule has 0 bridgehead atoms. The van der Waals surface area contributed by atoms with Crippen LogP contribution in [0.15, 0.2) is 16.8 Å². The van der Waals surface area contributed by atoms with Crippen LogP contribution >= 0.6 is 0 Å². The zero-order valence-electron chi connectivity index (χ0n) is 15.0. The second-order valence-corrected chi connectivity index (χ2v) is 9.36. The number of allylic oxidation sites excluding steroid dienone is 1. The fourth-order valence-electron chi connectivity index (χ4n) is 6.81. The van der Waals surface area contributed by atoms with E-state index < -0.39 is 5.60 Å². The highest BCUT2D eigenvalue weighted by Gasteiger charge is 2.62. The van der Waals surface area contributed by atoms with E-state index in [0.29, 0.717) is 29.9 Å². The molecule has 0 amide bonds. The minimum atomic E-state index is -0.556. The van der Waals surface area contributed by atoms with E-state index in [4.69, 9.17) is 0 Å². The first-order valence-electron chi connectivity index (χ1n) is 9.42. The van der Waals surface area contributed by atoms with Crippen LogP contribution in [-0.4, -0.2) is 27.4 Å². The van der Waals surface area contributed by atoms with Crippen LogP contribution in [0, 0.1) is 28.6 Å². The highest BCUT2D eigenvalue weighted by atomic mass is 16.4. The van der Waals surface area contributed by atoms with E-state index in [2.05, 4.69) is 19.0 Å². The summed E-state index contributed by atoms with van der Waals surface area (Å²) in [5.41, 5.74) is 0.973. The molecule has 4 rings (SSSR count). The standard InChI is InChI=1S/C20H29NO3/c1-18-11-16(21-24)17(22)10-12(18)4-5-13-14(18)6-8-19(2)15(13)7-9-20(19,3)23/h10,13-15,23-24H,4-9,11H2,1-3H3/b21-16-/t13-,14+,15+,18+,19+,20+/m1/s1. The molecule has 4 aliphatic carbocycles. The minimum Gasteiger partial charge on any atom is -0.411 e. The molecule has 0 aromatic rings. The number of oxime groups is 1. The van der Waals surface area contributed by atoms with Crippen molar-refractivity contribution in [1.82, 2.24) is 0 Å². The predicted octanol–water partition coefficient (Wildman–Crippen LogP) is 3.71. The highest BCUT2D eigenvalue weighted by Crippen LogP contribution is 2.67. The van der Waals surface area contributed by atoms with Crippen LogP contribution in [0.5, 0.6) is 0 Å². The third kappa shape index (κ3) is 1.89.